The van der Waals surface area contributed by atoms with Crippen molar-refractivity contribution in [1.82, 2.24) is 5.32 Å². The number of aliphatic hydroxyl groups is 1. The van der Waals surface area contributed by atoms with Crippen LogP contribution in [0.25, 0.3) is 0 Å². The van der Waals surface area contributed by atoms with Gasteiger partial charge in [-0.2, -0.15) is 0 Å². The van der Waals surface area contributed by atoms with Crippen LogP contribution in [0.1, 0.15) is 20.3 Å². The molecule has 0 rings (SSSR count). The fourth-order valence-corrected chi connectivity index (χ4v) is 0.706. The van der Waals surface area contributed by atoms with E-state index in [1.807, 2.05) is 6.92 Å². The Morgan fingerprint density at radius 2 is 2.08 bits per heavy atom. The van der Waals surface area contributed by atoms with E-state index in [9.17, 15) is 9.59 Å². The highest BCUT2D eigenvalue weighted by Gasteiger charge is 2.19. The standard InChI is InChI=1S/C8H16N2O3/c1-3-5(2)8(13)10-6(4-11)7(9)12/h5-6,11H,3-4H2,1-2H3,(H2,9,12)(H,10,13). The topological polar surface area (TPSA) is 92.4 Å². The molecule has 5 heteroatoms. The summed E-state index contributed by atoms with van der Waals surface area (Å²) in [6.45, 7) is 3.14. The lowest BCUT2D eigenvalue weighted by atomic mass is 10.1. The Balaban J connectivity index is 4.09. The van der Waals surface area contributed by atoms with Crippen LogP contribution in [0.4, 0.5) is 0 Å². The molecule has 5 nitrogen and oxygen atoms in total. The Labute approximate surface area is 77.3 Å². The highest BCUT2D eigenvalue weighted by Crippen LogP contribution is 2.00. The molecule has 0 aromatic heterocycles. The SMILES string of the molecule is CCC(C)C(=O)NC(CO)C(N)=O. The maximum absolute atomic E-state index is 11.2. The summed E-state index contributed by atoms with van der Waals surface area (Å²) in [7, 11) is 0. The summed E-state index contributed by atoms with van der Waals surface area (Å²) in [6.07, 6.45) is 0.683. The number of hydrogen-bond donors (Lipinski definition) is 3. The number of rotatable bonds is 5. The number of hydrogen-bond acceptors (Lipinski definition) is 3. The lowest BCUT2D eigenvalue weighted by molar-refractivity contribution is -0.130. The van der Waals surface area contributed by atoms with Crippen molar-refractivity contribution in [2.45, 2.75) is 26.3 Å². The minimum absolute atomic E-state index is 0.173. The van der Waals surface area contributed by atoms with Gasteiger partial charge in [-0.25, -0.2) is 0 Å². The highest BCUT2D eigenvalue weighted by molar-refractivity contribution is 5.87. The molecule has 0 radical (unpaired) electrons. The van der Waals surface area contributed by atoms with E-state index in [0.717, 1.165) is 0 Å². The van der Waals surface area contributed by atoms with E-state index in [1.54, 1.807) is 6.92 Å². The molecule has 4 N–H and O–H groups in total. The van der Waals surface area contributed by atoms with Gasteiger partial charge in [-0.3, -0.25) is 9.59 Å². The zero-order valence-electron chi connectivity index (χ0n) is 7.91. The van der Waals surface area contributed by atoms with Crippen molar-refractivity contribution >= 4 is 11.8 Å². The molecular weight excluding hydrogens is 172 g/mol. The first-order valence-corrected chi connectivity index (χ1v) is 4.23. The first-order chi connectivity index (χ1) is 6.02. The minimum Gasteiger partial charge on any atom is -0.394 e. The van der Waals surface area contributed by atoms with Gasteiger partial charge in [-0.1, -0.05) is 13.8 Å². The van der Waals surface area contributed by atoms with E-state index >= 15 is 0 Å². The Kier molecular flexibility index (Phi) is 5.06. The van der Waals surface area contributed by atoms with Crippen LogP contribution in [-0.2, 0) is 9.59 Å². The molecule has 0 aliphatic heterocycles. The van der Waals surface area contributed by atoms with Crippen molar-refractivity contribution in [3.05, 3.63) is 0 Å². The molecule has 0 fully saturated rings. The van der Waals surface area contributed by atoms with Crippen LogP contribution in [0, 0.1) is 5.92 Å². The summed E-state index contributed by atoms with van der Waals surface area (Å²) in [5.74, 6) is -1.16. The first-order valence-electron chi connectivity index (χ1n) is 4.23. The van der Waals surface area contributed by atoms with Crippen LogP contribution in [-0.4, -0.2) is 29.6 Å². The summed E-state index contributed by atoms with van der Waals surface area (Å²) in [5.41, 5.74) is 4.92. The number of nitrogens with two attached hydrogens (primary N) is 1. The molecule has 0 spiro atoms. The van der Waals surface area contributed by atoms with Crippen molar-refractivity contribution in [2.75, 3.05) is 6.61 Å². The van der Waals surface area contributed by atoms with Gasteiger partial charge in [-0.05, 0) is 6.42 Å². The van der Waals surface area contributed by atoms with Gasteiger partial charge in [0.1, 0.15) is 6.04 Å². The smallest absolute Gasteiger partial charge is 0.242 e. The van der Waals surface area contributed by atoms with Crippen LogP contribution in [0.2, 0.25) is 0 Å². The van der Waals surface area contributed by atoms with Crippen molar-refractivity contribution in [1.29, 1.82) is 0 Å². The Morgan fingerprint density at radius 1 is 1.54 bits per heavy atom. The van der Waals surface area contributed by atoms with Gasteiger partial charge in [0.05, 0.1) is 6.61 Å². The predicted octanol–water partition coefficient (Wildman–Crippen LogP) is -1.01. The number of primary amides is 1. The number of amides is 2. The molecule has 0 aliphatic rings. The van der Waals surface area contributed by atoms with Crippen LogP contribution in [0.3, 0.4) is 0 Å². The number of carbonyl (C=O) groups excluding carboxylic acids is 2. The predicted molar refractivity (Wildman–Crippen MR) is 47.7 cm³/mol. The average Bonchev–Trinajstić information content (AvgIpc) is 2.11. The molecule has 2 atom stereocenters. The van der Waals surface area contributed by atoms with Crippen molar-refractivity contribution < 1.29 is 14.7 Å². The molecule has 0 aromatic carbocycles. The molecule has 0 saturated carbocycles. The van der Waals surface area contributed by atoms with E-state index in [2.05, 4.69) is 5.32 Å². The molecular formula is C8H16N2O3. The maximum Gasteiger partial charge on any atom is 0.242 e. The van der Waals surface area contributed by atoms with Gasteiger partial charge < -0.3 is 16.2 Å². The molecule has 2 amide bonds. The monoisotopic (exact) mass is 188 g/mol. The first kappa shape index (κ1) is 11.9. The Morgan fingerprint density at radius 3 is 2.38 bits per heavy atom. The average molecular weight is 188 g/mol. The zero-order chi connectivity index (χ0) is 10.4. The zero-order valence-corrected chi connectivity index (χ0v) is 7.91. The van der Waals surface area contributed by atoms with E-state index in [0.29, 0.717) is 6.42 Å². The van der Waals surface area contributed by atoms with E-state index in [1.165, 1.54) is 0 Å². The van der Waals surface area contributed by atoms with Crippen LogP contribution in [0.15, 0.2) is 0 Å². The Hall–Kier alpha value is -1.10. The van der Waals surface area contributed by atoms with E-state index < -0.39 is 18.6 Å². The molecule has 0 aliphatic carbocycles. The summed E-state index contributed by atoms with van der Waals surface area (Å²) in [5, 5.41) is 11.0. The fraction of sp³-hybridized carbons (Fsp3) is 0.750. The highest BCUT2D eigenvalue weighted by atomic mass is 16.3. The normalized spacial score (nSPS) is 14.7. The molecule has 0 bridgehead atoms. The summed E-state index contributed by atoms with van der Waals surface area (Å²) in [6, 6.07) is -0.971. The summed E-state index contributed by atoms with van der Waals surface area (Å²) < 4.78 is 0. The molecule has 76 valence electrons. The Bertz CT molecular complexity index is 194. The third-order valence-corrected chi connectivity index (χ3v) is 1.90. The van der Waals surface area contributed by atoms with Gasteiger partial charge in [0, 0.05) is 5.92 Å². The minimum atomic E-state index is -0.971. The second-order valence-electron chi connectivity index (χ2n) is 2.96. The maximum atomic E-state index is 11.2. The summed E-state index contributed by atoms with van der Waals surface area (Å²) >= 11 is 0. The molecule has 0 saturated heterocycles. The van der Waals surface area contributed by atoms with Gasteiger partial charge in [-0.15, -0.1) is 0 Å². The lowest BCUT2D eigenvalue weighted by Gasteiger charge is -2.15. The van der Waals surface area contributed by atoms with E-state index in [4.69, 9.17) is 10.8 Å². The largest absolute Gasteiger partial charge is 0.394 e. The van der Waals surface area contributed by atoms with Gasteiger partial charge >= 0.3 is 0 Å². The third kappa shape index (κ3) is 3.89. The van der Waals surface area contributed by atoms with Crippen LogP contribution >= 0.6 is 0 Å². The molecule has 2 unspecified atom stereocenters. The van der Waals surface area contributed by atoms with Crippen LogP contribution in [0.5, 0.6) is 0 Å². The van der Waals surface area contributed by atoms with Crippen LogP contribution < -0.4 is 11.1 Å². The third-order valence-electron chi connectivity index (χ3n) is 1.90. The fourth-order valence-electron chi connectivity index (χ4n) is 0.706. The van der Waals surface area contributed by atoms with Gasteiger partial charge in [0.2, 0.25) is 11.8 Å². The van der Waals surface area contributed by atoms with E-state index in [-0.39, 0.29) is 11.8 Å². The molecule has 0 aromatic rings. The van der Waals surface area contributed by atoms with Gasteiger partial charge in [0.25, 0.3) is 0 Å². The lowest BCUT2D eigenvalue weighted by Crippen LogP contribution is -2.48. The summed E-state index contributed by atoms with van der Waals surface area (Å²) in [4.78, 5) is 21.8. The van der Waals surface area contributed by atoms with Crippen molar-refractivity contribution in [3.63, 3.8) is 0 Å². The number of nitrogens with one attached hydrogen (secondary N) is 1. The molecule has 13 heavy (non-hydrogen) atoms. The van der Waals surface area contributed by atoms with Gasteiger partial charge in [0.15, 0.2) is 0 Å². The quantitative estimate of drug-likeness (QED) is 0.516. The number of carbonyl (C=O) groups is 2. The number of aliphatic hydroxyl groups excluding tert-OH is 1. The molecule has 0 heterocycles. The second-order valence-corrected chi connectivity index (χ2v) is 2.96. The van der Waals surface area contributed by atoms with Crippen molar-refractivity contribution in [2.24, 2.45) is 11.7 Å². The second kappa shape index (κ2) is 5.53. The van der Waals surface area contributed by atoms with Crippen molar-refractivity contribution in [3.8, 4) is 0 Å².